The van der Waals surface area contributed by atoms with Gasteiger partial charge in [0.2, 0.25) is 0 Å². The molecule has 24 heavy (non-hydrogen) atoms. The molecule has 1 N–H and O–H groups in total. The summed E-state index contributed by atoms with van der Waals surface area (Å²) >= 11 is 0. The van der Waals surface area contributed by atoms with Crippen molar-refractivity contribution in [2.45, 2.75) is 25.8 Å². The third-order valence-electron chi connectivity index (χ3n) is 4.17. The molecule has 0 radical (unpaired) electrons. The molecule has 1 saturated heterocycles. The normalized spacial score (nSPS) is 17.0. The minimum atomic E-state index is -0.180. The third-order valence-corrected chi connectivity index (χ3v) is 4.17. The summed E-state index contributed by atoms with van der Waals surface area (Å²) in [7, 11) is 3.21. The molecule has 128 valence electrons. The van der Waals surface area contributed by atoms with Gasteiger partial charge in [0.05, 0.1) is 20.3 Å². The van der Waals surface area contributed by atoms with Gasteiger partial charge in [0.1, 0.15) is 5.76 Å². The number of aromatic nitrogens is 1. The van der Waals surface area contributed by atoms with Crippen molar-refractivity contribution in [1.29, 1.82) is 0 Å². The monoisotopic (exact) mass is 331 g/mol. The summed E-state index contributed by atoms with van der Waals surface area (Å²) in [6.45, 7) is 2.48. The van der Waals surface area contributed by atoms with E-state index in [0.29, 0.717) is 29.6 Å². The predicted molar refractivity (Wildman–Crippen MR) is 88.5 cm³/mol. The highest BCUT2D eigenvalue weighted by Crippen LogP contribution is 2.37. The summed E-state index contributed by atoms with van der Waals surface area (Å²) in [6.07, 6.45) is 1.85. The lowest BCUT2D eigenvalue weighted by Crippen LogP contribution is -2.34. The van der Waals surface area contributed by atoms with Crippen LogP contribution in [0.2, 0.25) is 0 Å². The van der Waals surface area contributed by atoms with Crippen molar-refractivity contribution in [2.75, 3.05) is 26.1 Å². The molecule has 0 aliphatic carbocycles. The van der Waals surface area contributed by atoms with Gasteiger partial charge < -0.3 is 18.9 Å². The highest BCUT2D eigenvalue weighted by molar-refractivity contribution is 5.88. The fraction of sp³-hybridized carbons (Fsp3) is 0.412. The fourth-order valence-corrected chi connectivity index (χ4v) is 3.02. The van der Waals surface area contributed by atoms with Crippen LogP contribution in [-0.2, 0) is 0 Å². The Morgan fingerprint density at radius 2 is 2.08 bits per heavy atom. The largest absolute Gasteiger partial charge is 0.493 e. The van der Waals surface area contributed by atoms with Crippen LogP contribution >= 0.6 is 0 Å². The molecule has 7 heteroatoms. The lowest BCUT2D eigenvalue weighted by atomic mass is 10.0. The van der Waals surface area contributed by atoms with Crippen molar-refractivity contribution in [1.82, 2.24) is 10.1 Å². The van der Waals surface area contributed by atoms with Crippen LogP contribution in [0.1, 0.15) is 30.2 Å². The number of likely N-dealkylation sites (tertiary alicyclic amines) is 1. The number of amides is 2. The number of benzene rings is 1. The molecule has 1 aliphatic heterocycles. The van der Waals surface area contributed by atoms with Crippen molar-refractivity contribution in [3.05, 3.63) is 35.6 Å². The molecule has 2 aromatic rings. The van der Waals surface area contributed by atoms with E-state index in [9.17, 15) is 4.79 Å². The van der Waals surface area contributed by atoms with E-state index in [4.69, 9.17) is 14.0 Å². The van der Waals surface area contributed by atoms with E-state index in [-0.39, 0.29) is 12.1 Å². The topological polar surface area (TPSA) is 76.8 Å². The van der Waals surface area contributed by atoms with E-state index in [1.54, 1.807) is 27.2 Å². The minimum Gasteiger partial charge on any atom is -0.493 e. The van der Waals surface area contributed by atoms with Crippen molar-refractivity contribution >= 4 is 11.8 Å². The number of hydrogen-bond acceptors (Lipinski definition) is 5. The second-order valence-corrected chi connectivity index (χ2v) is 5.72. The summed E-state index contributed by atoms with van der Waals surface area (Å²) < 4.78 is 15.6. The minimum absolute atomic E-state index is 0.00203. The van der Waals surface area contributed by atoms with Crippen molar-refractivity contribution in [3.63, 3.8) is 0 Å². The van der Waals surface area contributed by atoms with Crippen LogP contribution in [0.25, 0.3) is 0 Å². The summed E-state index contributed by atoms with van der Waals surface area (Å²) in [5, 5.41) is 6.59. The van der Waals surface area contributed by atoms with Crippen LogP contribution in [0.15, 0.2) is 28.8 Å². The van der Waals surface area contributed by atoms with Gasteiger partial charge in [-0.05, 0) is 37.5 Å². The van der Waals surface area contributed by atoms with Gasteiger partial charge in [-0.1, -0.05) is 11.2 Å². The molecule has 0 bridgehead atoms. The molecule has 1 atom stereocenters. The van der Waals surface area contributed by atoms with E-state index < -0.39 is 0 Å². The summed E-state index contributed by atoms with van der Waals surface area (Å²) in [5.74, 6) is 2.42. The molecule has 1 fully saturated rings. The molecule has 2 amide bonds. The van der Waals surface area contributed by atoms with Crippen molar-refractivity contribution in [3.8, 4) is 11.5 Å². The van der Waals surface area contributed by atoms with Gasteiger partial charge in [0.25, 0.3) is 0 Å². The number of nitrogens with zero attached hydrogens (tertiary/aromatic N) is 2. The zero-order chi connectivity index (χ0) is 17.1. The summed E-state index contributed by atoms with van der Waals surface area (Å²) in [6, 6.07) is 7.27. The number of anilines is 1. The molecule has 1 aromatic heterocycles. The Hall–Kier alpha value is -2.70. The number of hydrogen-bond donors (Lipinski definition) is 1. The Bertz CT molecular complexity index is 728. The van der Waals surface area contributed by atoms with E-state index in [1.807, 2.05) is 23.1 Å². The molecule has 0 unspecified atom stereocenters. The number of ether oxygens (including phenoxy) is 2. The average Bonchev–Trinajstić information content (AvgIpc) is 3.23. The van der Waals surface area contributed by atoms with Crippen molar-refractivity contribution < 1.29 is 18.8 Å². The molecule has 7 nitrogen and oxygen atoms in total. The Morgan fingerprint density at radius 3 is 2.75 bits per heavy atom. The smallest absolute Gasteiger partial charge is 0.323 e. The Labute approximate surface area is 140 Å². The number of carbonyl (C=O) groups excluding carboxylic acids is 1. The van der Waals surface area contributed by atoms with Crippen LogP contribution in [0.4, 0.5) is 10.6 Å². The third kappa shape index (κ3) is 3.15. The fourth-order valence-electron chi connectivity index (χ4n) is 3.02. The first-order chi connectivity index (χ1) is 11.6. The number of rotatable bonds is 4. The second kappa shape index (κ2) is 6.82. The lowest BCUT2D eigenvalue weighted by Gasteiger charge is -2.25. The average molecular weight is 331 g/mol. The first kappa shape index (κ1) is 16.2. The van der Waals surface area contributed by atoms with E-state index in [0.717, 1.165) is 18.4 Å². The lowest BCUT2D eigenvalue weighted by molar-refractivity contribution is 0.206. The molecule has 3 rings (SSSR count). The van der Waals surface area contributed by atoms with Crippen LogP contribution in [-0.4, -0.2) is 36.9 Å². The van der Waals surface area contributed by atoms with Crippen LogP contribution in [0, 0.1) is 6.92 Å². The van der Waals surface area contributed by atoms with Crippen LogP contribution < -0.4 is 14.8 Å². The zero-order valence-corrected chi connectivity index (χ0v) is 14.0. The van der Waals surface area contributed by atoms with Crippen molar-refractivity contribution in [2.24, 2.45) is 0 Å². The van der Waals surface area contributed by atoms with Gasteiger partial charge in [0.15, 0.2) is 17.3 Å². The Kier molecular flexibility index (Phi) is 4.59. The van der Waals surface area contributed by atoms with Gasteiger partial charge in [-0.2, -0.15) is 0 Å². The van der Waals surface area contributed by atoms with Crippen LogP contribution in [0.3, 0.4) is 0 Å². The molecule has 0 saturated carbocycles. The summed E-state index contributed by atoms with van der Waals surface area (Å²) in [5.41, 5.74) is 1.02. The first-order valence-corrected chi connectivity index (χ1v) is 7.85. The molecular formula is C17H21N3O4. The summed E-state index contributed by atoms with van der Waals surface area (Å²) in [4.78, 5) is 14.4. The number of methoxy groups -OCH3 is 2. The van der Waals surface area contributed by atoms with E-state index in [2.05, 4.69) is 10.5 Å². The Balaban J connectivity index is 1.78. The van der Waals surface area contributed by atoms with E-state index >= 15 is 0 Å². The highest BCUT2D eigenvalue weighted by Gasteiger charge is 2.31. The van der Waals surface area contributed by atoms with Gasteiger partial charge in [-0.15, -0.1) is 0 Å². The molecular weight excluding hydrogens is 310 g/mol. The predicted octanol–water partition coefficient (Wildman–Crippen LogP) is 3.37. The van der Waals surface area contributed by atoms with Crippen LogP contribution in [0.5, 0.6) is 11.5 Å². The van der Waals surface area contributed by atoms with E-state index in [1.165, 1.54) is 0 Å². The van der Waals surface area contributed by atoms with Gasteiger partial charge >= 0.3 is 6.03 Å². The number of nitrogens with one attached hydrogen (secondary N) is 1. The first-order valence-electron chi connectivity index (χ1n) is 7.85. The number of aryl methyl sites for hydroxylation is 1. The number of urea groups is 1. The maximum atomic E-state index is 12.6. The highest BCUT2D eigenvalue weighted by atomic mass is 16.5. The SMILES string of the molecule is COc1ccc([C@@H]2CCCN2C(=O)Nc2cc(C)on2)cc1OC. The zero-order valence-electron chi connectivity index (χ0n) is 14.0. The molecule has 1 aromatic carbocycles. The quantitative estimate of drug-likeness (QED) is 0.929. The van der Waals surface area contributed by atoms with Gasteiger partial charge in [-0.25, -0.2) is 4.79 Å². The maximum Gasteiger partial charge on any atom is 0.323 e. The number of carbonyl (C=O) groups is 1. The molecule has 1 aliphatic rings. The standard InChI is InChI=1S/C17H21N3O4/c1-11-9-16(19-24-11)18-17(21)20-8-4-5-13(20)12-6-7-14(22-2)15(10-12)23-3/h6-7,9-10,13H,4-5,8H2,1-3H3,(H,18,19,21)/t13-/m0/s1. The second-order valence-electron chi connectivity index (χ2n) is 5.72. The van der Waals surface area contributed by atoms with Gasteiger partial charge in [0, 0.05) is 12.6 Å². The Morgan fingerprint density at radius 1 is 1.29 bits per heavy atom. The van der Waals surface area contributed by atoms with Gasteiger partial charge in [-0.3, -0.25) is 5.32 Å². The maximum absolute atomic E-state index is 12.6. The molecule has 0 spiro atoms. The molecule has 2 heterocycles.